The van der Waals surface area contributed by atoms with Crippen molar-refractivity contribution in [1.29, 1.82) is 0 Å². The van der Waals surface area contributed by atoms with Crippen LogP contribution in [0.4, 0.5) is 5.13 Å². The molecule has 3 aliphatic heterocycles. The number of ether oxygens (including phenoxy) is 1. The zero-order valence-corrected chi connectivity index (χ0v) is 21.5. The number of aryl methyl sites for hydroxylation is 1. The van der Waals surface area contributed by atoms with Crippen molar-refractivity contribution in [1.82, 2.24) is 19.9 Å². The quantitative estimate of drug-likeness (QED) is 0.179. The molecular weight excluding hydrogens is 522 g/mol. The fourth-order valence-electron chi connectivity index (χ4n) is 4.33. The number of β-lactam (4-membered cyclic amide) rings is 1. The molecular formula is C22H26N7O6S2+. The van der Waals surface area contributed by atoms with Gasteiger partial charge in [-0.25, -0.2) is 9.78 Å². The highest BCUT2D eigenvalue weighted by molar-refractivity contribution is 8.00. The predicted octanol–water partition coefficient (Wildman–Crippen LogP) is 0.0374. The normalized spacial score (nSPS) is 23.9. The molecule has 15 heteroatoms. The summed E-state index contributed by atoms with van der Waals surface area (Å²) < 4.78 is 9.19. The molecule has 0 saturated carbocycles. The molecule has 0 aromatic carbocycles. The Morgan fingerprint density at radius 1 is 1.43 bits per heavy atom. The van der Waals surface area contributed by atoms with E-state index < -0.39 is 35.5 Å². The van der Waals surface area contributed by atoms with Crippen molar-refractivity contribution in [2.45, 2.75) is 43.5 Å². The summed E-state index contributed by atoms with van der Waals surface area (Å²) >= 11 is 2.53. The Kier molecular flexibility index (Phi) is 7.17. The maximum atomic E-state index is 13.2. The van der Waals surface area contributed by atoms with Crippen LogP contribution >= 0.6 is 23.1 Å². The number of carboxylic acid groups (broad SMARTS) is 1. The summed E-state index contributed by atoms with van der Waals surface area (Å²) in [5.41, 5.74) is 6.38. The third-order valence-corrected chi connectivity index (χ3v) is 8.25. The summed E-state index contributed by atoms with van der Waals surface area (Å²) in [6.07, 6.45) is 5.58. The van der Waals surface area contributed by atoms with Gasteiger partial charge < -0.3 is 25.7 Å². The number of rotatable bonds is 8. The van der Waals surface area contributed by atoms with Crippen molar-refractivity contribution < 1.29 is 33.7 Å². The lowest BCUT2D eigenvalue weighted by Gasteiger charge is -2.49. The number of aromatic nitrogens is 3. The number of nitrogens with zero attached hydrogens (tertiary/aromatic N) is 5. The van der Waals surface area contributed by atoms with E-state index in [9.17, 15) is 19.5 Å². The van der Waals surface area contributed by atoms with Crippen molar-refractivity contribution in [2.75, 3.05) is 18.1 Å². The molecule has 3 atom stereocenters. The fourth-order valence-corrected chi connectivity index (χ4v) is 6.22. The van der Waals surface area contributed by atoms with E-state index in [1.165, 1.54) is 16.7 Å². The summed E-state index contributed by atoms with van der Waals surface area (Å²) in [6.45, 7) is 0.870. The van der Waals surface area contributed by atoms with Crippen LogP contribution in [0, 0.1) is 0 Å². The maximum absolute atomic E-state index is 13.2. The monoisotopic (exact) mass is 548 g/mol. The number of thioether (sulfide) groups is 1. The van der Waals surface area contributed by atoms with E-state index in [2.05, 4.69) is 15.5 Å². The van der Waals surface area contributed by atoms with Crippen molar-refractivity contribution in [3.63, 3.8) is 0 Å². The number of hydrogen-bond acceptors (Lipinski definition) is 10. The van der Waals surface area contributed by atoms with Gasteiger partial charge >= 0.3 is 5.97 Å². The molecule has 1 unspecified atom stereocenters. The van der Waals surface area contributed by atoms with E-state index in [1.54, 1.807) is 5.38 Å². The second kappa shape index (κ2) is 10.5. The third kappa shape index (κ3) is 5.06. The minimum absolute atomic E-state index is 0.0492. The largest absolute Gasteiger partial charge is 0.477 e. The molecule has 196 valence electrons. The van der Waals surface area contributed by atoms with Gasteiger partial charge in [0, 0.05) is 23.6 Å². The highest BCUT2D eigenvalue weighted by atomic mass is 32.2. The number of nitrogens with one attached hydrogen (secondary N) is 1. The SMILES string of the molecule is C[n+]1cccn1CC1=C(C(=O)O)N2C(=O)[C@@H](NC(=O)C(=NOC3CCCCO3)c3csc(N)n3)[C@H]2SC1. The number of carbonyl (C=O) groups is 3. The minimum Gasteiger partial charge on any atom is -0.477 e. The number of aliphatic carboxylic acids is 1. The number of nitrogens with two attached hydrogens (primary N) is 1. The smallest absolute Gasteiger partial charge is 0.352 e. The predicted molar refractivity (Wildman–Crippen MR) is 133 cm³/mol. The lowest BCUT2D eigenvalue weighted by molar-refractivity contribution is -0.752. The highest BCUT2D eigenvalue weighted by Gasteiger charge is 2.54. The van der Waals surface area contributed by atoms with Crippen molar-refractivity contribution >= 4 is 51.7 Å². The van der Waals surface area contributed by atoms with Gasteiger partial charge in [0.1, 0.15) is 29.4 Å². The second-order valence-electron chi connectivity index (χ2n) is 8.69. The van der Waals surface area contributed by atoms with E-state index in [1.807, 2.05) is 34.9 Å². The number of hydrogen-bond donors (Lipinski definition) is 3. The molecule has 0 spiro atoms. The molecule has 37 heavy (non-hydrogen) atoms. The van der Waals surface area contributed by atoms with Crippen LogP contribution in [0.25, 0.3) is 0 Å². The molecule has 4 N–H and O–H groups in total. The van der Waals surface area contributed by atoms with Crippen LogP contribution in [-0.2, 0) is 37.6 Å². The first-order chi connectivity index (χ1) is 17.8. The number of thiazole rings is 1. The van der Waals surface area contributed by atoms with Gasteiger partial charge in [0.25, 0.3) is 11.8 Å². The Labute approximate surface area is 219 Å². The molecule has 5 heterocycles. The molecule has 0 radical (unpaired) electrons. The highest BCUT2D eigenvalue weighted by Crippen LogP contribution is 2.40. The molecule has 2 fully saturated rings. The molecule has 2 aromatic heterocycles. The first kappa shape index (κ1) is 25.2. The first-order valence-corrected chi connectivity index (χ1v) is 13.5. The van der Waals surface area contributed by atoms with Crippen LogP contribution in [-0.4, -0.2) is 73.2 Å². The molecule has 2 aromatic rings. The Balaban J connectivity index is 1.33. The van der Waals surface area contributed by atoms with Crippen molar-refractivity contribution in [3.8, 4) is 0 Å². The Bertz CT molecular complexity index is 1280. The van der Waals surface area contributed by atoms with Crippen LogP contribution in [0.5, 0.6) is 0 Å². The fraction of sp³-hybridized carbons (Fsp3) is 0.455. The first-order valence-electron chi connectivity index (χ1n) is 11.6. The van der Waals surface area contributed by atoms with Gasteiger partial charge in [0.2, 0.25) is 6.29 Å². The van der Waals surface area contributed by atoms with Crippen LogP contribution in [0.1, 0.15) is 25.0 Å². The average Bonchev–Trinajstić information content (AvgIpc) is 3.50. The third-order valence-electron chi connectivity index (χ3n) is 6.23. The molecule has 2 amide bonds. The molecule has 0 aliphatic carbocycles. The van der Waals surface area contributed by atoms with Crippen LogP contribution in [0.2, 0.25) is 0 Å². The van der Waals surface area contributed by atoms with E-state index in [-0.39, 0.29) is 22.2 Å². The Morgan fingerprint density at radius 2 is 2.27 bits per heavy atom. The maximum Gasteiger partial charge on any atom is 0.352 e. The summed E-state index contributed by atoms with van der Waals surface area (Å²) in [5.74, 6) is -1.97. The zero-order valence-electron chi connectivity index (χ0n) is 19.9. The van der Waals surface area contributed by atoms with Gasteiger partial charge in [-0.2, -0.15) is 4.68 Å². The summed E-state index contributed by atoms with van der Waals surface area (Å²) in [7, 11) is 1.85. The van der Waals surface area contributed by atoms with Crippen molar-refractivity contribution in [3.05, 3.63) is 40.8 Å². The van der Waals surface area contributed by atoms with E-state index in [0.29, 0.717) is 30.9 Å². The number of carbonyl (C=O) groups excluding carboxylic acids is 2. The summed E-state index contributed by atoms with van der Waals surface area (Å²) in [5, 5.41) is 17.9. The van der Waals surface area contributed by atoms with E-state index in [0.717, 1.165) is 24.2 Å². The number of anilines is 1. The summed E-state index contributed by atoms with van der Waals surface area (Å²) in [4.78, 5) is 49.3. The van der Waals surface area contributed by atoms with Crippen LogP contribution in [0.15, 0.2) is 40.3 Å². The van der Waals surface area contributed by atoms with E-state index in [4.69, 9.17) is 15.3 Å². The summed E-state index contributed by atoms with van der Waals surface area (Å²) in [6, 6.07) is 0.919. The van der Waals surface area contributed by atoms with Crippen LogP contribution in [0.3, 0.4) is 0 Å². The number of nitrogen functional groups attached to an aromatic ring is 1. The molecule has 0 bridgehead atoms. The topological polar surface area (TPSA) is 165 Å². The van der Waals surface area contributed by atoms with Crippen molar-refractivity contribution in [2.24, 2.45) is 12.2 Å². The lowest BCUT2D eigenvalue weighted by Crippen LogP contribution is -2.71. The minimum atomic E-state index is -1.19. The number of fused-ring (bicyclic) bond motifs is 1. The van der Waals surface area contributed by atoms with Crippen LogP contribution < -0.4 is 15.7 Å². The number of oxime groups is 1. The van der Waals surface area contributed by atoms with E-state index >= 15 is 0 Å². The lowest BCUT2D eigenvalue weighted by atomic mass is 10.0. The zero-order chi connectivity index (χ0) is 26.1. The van der Waals surface area contributed by atoms with Gasteiger partial charge in [0.15, 0.2) is 24.1 Å². The molecule has 2 saturated heterocycles. The Hall–Kier alpha value is -3.43. The Morgan fingerprint density at radius 3 is 2.92 bits per heavy atom. The molecule has 3 aliphatic rings. The van der Waals surface area contributed by atoms with Gasteiger partial charge in [-0.3, -0.25) is 14.5 Å². The molecule has 13 nitrogen and oxygen atoms in total. The van der Waals surface area contributed by atoms with Gasteiger partial charge in [0.05, 0.1) is 12.8 Å². The van der Waals surface area contributed by atoms with Gasteiger partial charge in [-0.15, -0.1) is 27.8 Å². The second-order valence-corrected chi connectivity index (χ2v) is 10.7. The molecule has 5 rings (SSSR count). The number of carboxylic acids is 1. The van der Waals surface area contributed by atoms with Gasteiger partial charge in [-0.1, -0.05) is 5.16 Å². The number of amides is 2. The standard InChI is InChI=1S/C22H25N7O6S2/c1-27-6-4-7-28(27)9-12-10-36-20-16(19(31)29(20)17(12)21(32)33)25-18(30)15(13-11-37-22(23)24-13)26-35-14-5-2-3-8-34-14/h4,6-7,11,14,16,20H,2-3,5,8-10H2,1H3,(H3-,23,24,25,30,32,33)/p+1/t14?,16-,20-/m1/s1. The van der Waals surface area contributed by atoms with Gasteiger partial charge in [-0.05, 0) is 18.4 Å². The average molecular weight is 549 g/mol.